The Morgan fingerprint density at radius 3 is 2.25 bits per heavy atom. The molecule has 0 saturated heterocycles. The molecule has 0 aromatic rings. The first kappa shape index (κ1) is 12.4. The van der Waals surface area contributed by atoms with Gasteiger partial charge in [-0.1, -0.05) is 13.3 Å². The van der Waals surface area contributed by atoms with Crippen molar-refractivity contribution in [2.75, 3.05) is 6.54 Å². The van der Waals surface area contributed by atoms with E-state index >= 15 is 0 Å². The summed E-state index contributed by atoms with van der Waals surface area (Å²) in [6.07, 6.45) is 10.2. The van der Waals surface area contributed by atoms with Crippen molar-refractivity contribution in [3.63, 3.8) is 0 Å². The van der Waals surface area contributed by atoms with Crippen LogP contribution in [0.2, 0.25) is 0 Å². The molecule has 2 saturated carbocycles. The van der Waals surface area contributed by atoms with Crippen LogP contribution in [0.1, 0.15) is 58.3 Å². The van der Waals surface area contributed by atoms with Gasteiger partial charge in [0.15, 0.2) is 0 Å². The molecule has 0 aromatic carbocycles. The predicted molar refractivity (Wildman–Crippen MR) is 67.4 cm³/mol. The van der Waals surface area contributed by atoms with Gasteiger partial charge in [0, 0.05) is 6.04 Å². The third-order valence-electron chi connectivity index (χ3n) is 4.63. The maximum absolute atomic E-state index is 9.48. The van der Waals surface area contributed by atoms with E-state index in [2.05, 4.69) is 12.2 Å². The number of hydrogen-bond acceptors (Lipinski definition) is 2. The van der Waals surface area contributed by atoms with Crippen molar-refractivity contribution >= 4 is 0 Å². The zero-order valence-electron chi connectivity index (χ0n) is 10.6. The summed E-state index contributed by atoms with van der Waals surface area (Å²) < 4.78 is 0. The highest BCUT2D eigenvalue weighted by atomic mass is 16.3. The number of aliphatic hydroxyl groups excluding tert-OH is 1. The summed E-state index contributed by atoms with van der Waals surface area (Å²) in [7, 11) is 0. The van der Waals surface area contributed by atoms with E-state index in [4.69, 9.17) is 0 Å². The lowest BCUT2D eigenvalue weighted by molar-refractivity contribution is 0.176. The third-order valence-corrected chi connectivity index (χ3v) is 4.63. The van der Waals surface area contributed by atoms with Crippen LogP contribution in [0.4, 0.5) is 0 Å². The predicted octanol–water partition coefficient (Wildman–Crippen LogP) is 2.71. The van der Waals surface area contributed by atoms with Crippen LogP contribution in [0.15, 0.2) is 0 Å². The fraction of sp³-hybridized carbons (Fsp3) is 1.00. The second-order valence-corrected chi connectivity index (χ2v) is 5.87. The lowest BCUT2D eigenvalue weighted by atomic mass is 9.84. The van der Waals surface area contributed by atoms with Gasteiger partial charge >= 0.3 is 0 Å². The molecule has 2 heteroatoms. The zero-order chi connectivity index (χ0) is 11.4. The van der Waals surface area contributed by atoms with Crippen molar-refractivity contribution in [2.45, 2.75) is 70.4 Å². The quantitative estimate of drug-likeness (QED) is 0.771. The molecule has 2 atom stereocenters. The van der Waals surface area contributed by atoms with Crippen molar-refractivity contribution < 1.29 is 5.11 Å². The lowest BCUT2D eigenvalue weighted by Gasteiger charge is -2.29. The van der Waals surface area contributed by atoms with E-state index in [9.17, 15) is 5.11 Å². The van der Waals surface area contributed by atoms with Crippen molar-refractivity contribution in [1.82, 2.24) is 5.32 Å². The van der Waals surface area contributed by atoms with Gasteiger partial charge in [-0.25, -0.2) is 0 Å². The summed E-state index contributed by atoms with van der Waals surface area (Å²) in [5.41, 5.74) is 0. The monoisotopic (exact) mass is 225 g/mol. The summed E-state index contributed by atoms with van der Waals surface area (Å²) in [6, 6.07) is 0.764. The number of rotatable bonds is 4. The minimum atomic E-state index is -0.0115. The van der Waals surface area contributed by atoms with Gasteiger partial charge in [-0.15, -0.1) is 0 Å². The minimum absolute atomic E-state index is 0.0115. The molecule has 0 radical (unpaired) electrons. The van der Waals surface area contributed by atoms with Gasteiger partial charge in [-0.05, 0) is 63.3 Å². The molecule has 0 heterocycles. The van der Waals surface area contributed by atoms with Gasteiger partial charge in [0.1, 0.15) is 0 Å². The Morgan fingerprint density at radius 1 is 1.00 bits per heavy atom. The molecule has 0 aromatic heterocycles. The third kappa shape index (κ3) is 3.46. The van der Waals surface area contributed by atoms with Gasteiger partial charge < -0.3 is 10.4 Å². The molecule has 2 nitrogen and oxygen atoms in total. The van der Waals surface area contributed by atoms with Crippen LogP contribution in [0.25, 0.3) is 0 Å². The van der Waals surface area contributed by atoms with E-state index in [1.807, 2.05) is 0 Å². The first-order valence-electron chi connectivity index (χ1n) is 7.19. The summed E-state index contributed by atoms with van der Waals surface area (Å²) in [5.74, 6) is 1.73. The highest BCUT2D eigenvalue weighted by Crippen LogP contribution is 2.28. The molecule has 0 bridgehead atoms. The van der Waals surface area contributed by atoms with Gasteiger partial charge in [-0.2, -0.15) is 0 Å². The smallest absolute Gasteiger partial charge is 0.0543 e. The van der Waals surface area contributed by atoms with Crippen LogP contribution < -0.4 is 5.32 Å². The highest BCUT2D eigenvalue weighted by Gasteiger charge is 2.24. The fourth-order valence-corrected chi connectivity index (χ4v) is 3.34. The molecule has 2 fully saturated rings. The summed E-state index contributed by atoms with van der Waals surface area (Å²) in [5, 5.41) is 13.2. The number of aliphatic hydroxyl groups is 1. The maximum atomic E-state index is 9.48. The molecular weight excluding hydrogens is 198 g/mol. The van der Waals surface area contributed by atoms with Crippen molar-refractivity contribution in [3.8, 4) is 0 Å². The summed E-state index contributed by atoms with van der Waals surface area (Å²) in [4.78, 5) is 0. The second kappa shape index (κ2) is 6.02. The van der Waals surface area contributed by atoms with Crippen LogP contribution >= 0.6 is 0 Å². The van der Waals surface area contributed by atoms with Crippen LogP contribution in [-0.2, 0) is 0 Å². The van der Waals surface area contributed by atoms with Gasteiger partial charge in [0.2, 0.25) is 0 Å². The first-order chi connectivity index (χ1) is 7.78. The SMILES string of the molecule is CCC1CCC(NCC2CCC(O)C2)CC1. The molecule has 2 aliphatic rings. The topological polar surface area (TPSA) is 32.3 Å². The Hall–Kier alpha value is -0.0800. The normalized spacial score (nSPS) is 40.1. The fourth-order valence-electron chi connectivity index (χ4n) is 3.34. The second-order valence-electron chi connectivity index (χ2n) is 5.87. The van der Waals surface area contributed by atoms with Gasteiger partial charge in [0.05, 0.1) is 6.10 Å². The number of nitrogens with one attached hydrogen (secondary N) is 1. The molecule has 2 rings (SSSR count). The average molecular weight is 225 g/mol. The molecule has 94 valence electrons. The molecule has 2 aliphatic carbocycles. The van der Waals surface area contributed by atoms with Crippen LogP contribution in [-0.4, -0.2) is 23.8 Å². The molecule has 0 spiro atoms. The number of hydrogen-bond donors (Lipinski definition) is 2. The van der Waals surface area contributed by atoms with Crippen LogP contribution in [0.3, 0.4) is 0 Å². The summed E-state index contributed by atoms with van der Waals surface area (Å²) in [6.45, 7) is 3.46. The largest absolute Gasteiger partial charge is 0.393 e. The zero-order valence-corrected chi connectivity index (χ0v) is 10.6. The van der Waals surface area contributed by atoms with E-state index in [1.165, 1.54) is 38.5 Å². The Balaban J connectivity index is 1.60. The average Bonchev–Trinajstić information content (AvgIpc) is 2.73. The Kier molecular flexibility index (Phi) is 4.66. The van der Waals surface area contributed by atoms with Gasteiger partial charge in [0.25, 0.3) is 0 Å². The van der Waals surface area contributed by atoms with E-state index < -0.39 is 0 Å². The molecule has 0 aliphatic heterocycles. The van der Waals surface area contributed by atoms with Gasteiger partial charge in [-0.3, -0.25) is 0 Å². The maximum Gasteiger partial charge on any atom is 0.0543 e. The molecule has 16 heavy (non-hydrogen) atoms. The van der Waals surface area contributed by atoms with E-state index in [0.29, 0.717) is 0 Å². The standard InChI is InChI=1S/C14H27NO/c1-2-11-3-6-13(7-4-11)15-10-12-5-8-14(16)9-12/h11-16H,2-10H2,1H3. The van der Waals surface area contributed by atoms with Crippen LogP contribution in [0, 0.1) is 11.8 Å². The Bertz CT molecular complexity index is 199. The Labute approximate surface area is 99.8 Å². The lowest BCUT2D eigenvalue weighted by Crippen LogP contribution is -2.36. The van der Waals surface area contributed by atoms with Crippen molar-refractivity contribution in [1.29, 1.82) is 0 Å². The van der Waals surface area contributed by atoms with E-state index in [0.717, 1.165) is 37.3 Å². The van der Waals surface area contributed by atoms with E-state index in [1.54, 1.807) is 0 Å². The highest BCUT2D eigenvalue weighted by molar-refractivity contribution is 4.81. The molecule has 2 unspecified atom stereocenters. The van der Waals surface area contributed by atoms with Crippen LogP contribution in [0.5, 0.6) is 0 Å². The van der Waals surface area contributed by atoms with E-state index in [-0.39, 0.29) is 6.10 Å². The first-order valence-corrected chi connectivity index (χ1v) is 7.19. The summed E-state index contributed by atoms with van der Waals surface area (Å²) >= 11 is 0. The van der Waals surface area contributed by atoms with Crippen molar-refractivity contribution in [2.24, 2.45) is 11.8 Å². The Morgan fingerprint density at radius 2 is 1.69 bits per heavy atom. The van der Waals surface area contributed by atoms with Crippen molar-refractivity contribution in [3.05, 3.63) is 0 Å². The molecule has 2 N–H and O–H groups in total. The molecule has 0 amide bonds. The minimum Gasteiger partial charge on any atom is -0.393 e. The molecular formula is C14H27NO.